The molecule has 3 unspecified atom stereocenters. The van der Waals surface area contributed by atoms with Crippen LogP contribution in [0.5, 0.6) is 11.5 Å². The molecule has 0 aliphatic carbocycles. The Bertz CT molecular complexity index is 660. The molecule has 0 saturated heterocycles. The minimum Gasteiger partial charge on any atom is -0.497 e. The third kappa shape index (κ3) is 4.24. The molecule has 0 amide bonds. The van der Waals surface area contributed by atoms with Crippen LogP contribution in [0.1, 0.15) is 37.1 Å². The highest BCUT2D eigenvalue weighted by Crippen LogP contribution is 2.30. The minimum atomic E-state index is -0.746. The molecule has 0 aromatic heterocycles. The highest BCUT2D eigenvalue weighted by Gasteiger charge is 2.21. The van der Waals surface area contributed by atoms with Crippen LogP contribution >= 0.6 is 0 Å². The van der Waals surface area contributed by atoms with E-state index < -0.39 is 6.10 Å². The van der Waals surface area contributed by atoms with Gasteiger partial charge in [0.25, 0.3) is 0 Å². The summed E-state index contributed by atoms with van der Waals surface area (Å²) >= 11 is 0. The van der Waals surface area contributed by atoms with Gasteiger partial charge in [-0.2, -0.15) is 0 Å². The summed E-state index contributed by atoms with van der Waals surface area (Å²) < 4.78 is 23.7. The molecule has 2 aromatic carbocycles. The zero-order valence-electron chi connectivity index (χ0n) is 14.4. The van der Waals surface area contributed by atoms with Gasteiger partial charge in [-0.25, -0.2) is 4.39 Å². The highest BCUT2D eigenvalue weighted by atomic mass is 19.1. The first-order chi connectivity index (χ1) is 11.5. The van der Waals surface area contributed by atoms with Crippen LogP contribution in [-0.2, 0) is 0 Å². The predicted octanol–water partition coefficient (Wildman–Crippen LogP) is 3.62. The number of aliphatic hydroxyl groups is 1. The number of rotatable bonds is 7. The number of halogens is 1. The number of hydrogen-bond donors (Lipinski definition) is 2. The maximum atomic E-state index is 13.0. The lowest BCUT2D eigenvalue weighted by atomic mass is 10.0. The van der Waals surface area contributed by atoms with E-state index in [1.807, 2.05) is 32.0 Å². The third-order valence-electron chi connectivity index (χ3n) is 4.10. The van der Waals surface area contributed by atoms with Crippen molar-refractivity contribution in [3.8, 4) is 11.5 Å². The molecular weight excluding hydrogens is 309 g/mol. The molecule has 24 heavy (non-hydrogen) atoms. The van der Waals surface area contributed by atoms with Crippen molar-refractivity contribution in [2.24, 2.45) is 0 Å². The van der Waals surface area contributed by atoms with E-state index in [0.29, 0.717) is 5.56 Å². The van der Waals surface area contributed by atoms with E-state index in [1.165, 1.54) is 12.1 Å². The van der Waals surface area contributed by atoms with Crippen molar-refractivity contribution < 1.29 is 19.0 Å². The van der Waals surface area contributed by atoms with Crippen LogP contribution in [-0.4, -0.2) is 25.4 Å². The SMILES string of the molecule is COc1ccc(OC)c(C(C)NC(C)C(O)c2ccc(F)cc2)c1. The van der Waals surface area contributed by atoms with E-state index >= 15 is 0 Å². The van der Waals surface area contributed by atoms with Crippen molar-refractivity contribution >= 4 is 0 Å². The monoisotopic (exact) mass is 333 g/mol. The predicted molar refractivity (Wildman–Crippen MR) is 91.9 cm³/mol. The second-order valence-electron chi connectivity index (χ2n) is 5.78. The first-order valence-electron chi connectivity index (χ1n) is 7.87. The molecule has 5 heteroatoms. The van der Waals surface area contributed by atoms with Gasteiger partial charge in [0.2, 0.25) is 0 Å². The van der Waals surface area contributed by atoms with Gasteiger partial charge in [-0.3, -0.25) is 0 Å². The maximum Gasteiger partial charge on any atom is 0.123 e. The highest BCUT2D eigenvalue weighted by molar-refractivity contribution is 5.42. The van der Waals surface area contributed by atoms with Crippen LogP contribution in [0.3, 0.4) is 0 Å². The largest absolute Gasteiger partial charge is 0.497 e. The summed E-state index contributed by atoms with van der Waals surface area (Å²) in [5.41, 5.74) is 1.61. The van der Waals surface area contributed by atoms with Crippen molar-refractivity contribution in [3.63, 3.8) is 0 Å². The van der Waals surface area contributed by atoms with E-state index in [9.17, 15) is 9.50 Å². The van der Waals surface area contributed by atoms with E-state index in [-0.39, 0.29) is 17.9 Å². The zero-order chi connectivity index (χ0) is 17.7. The van der Waals surface area contributed by atoms with Gasteiger partial charge >= 0.3 is 0 Å². The number of benzene rings is 2. The van der Waals surface area contributed by atoms with Gasteiger partial charge < -0.3 is 19.9 Å². The van der Waals surface area contributed by atoms with E-state index in [0.717, 1.165) is 17.1 Å². The molecule has 0 spiro atoms. The van der Waals surface area contributed by atoms with Crippen molar-refractivity contribution in [3.05, 3.63) is 59.4 Å². The summed E-state index contributed by atoms with van der Waals surface area (Å²) in [7, 11) is 3.24. The fourth-order valence-electron chi connectivity index (χ4n) is 2.70. The van der Waals surface area contributed by atoms with Crippen molar-refractivity contribution in [1.82, 2.24) is 5.32 Å². The molecule has 3 atom stereocenters. The minimum absolute atomic E-state index is 0.0693. The van der Waals surface area contributed by atoms with Gasteiger partial charge in [-0.15, -0.1) is 0 Å². The molecule has 0 aliphatic heterocycles. The molecule has 0 saturated carbocycles. The van der Waals surface area contributed by atoms with Crippen LogP contribution in [0.25, 0.3) is 0 Å². The van der Waals surface area contributed by atoms with E-state index in [4.69, 9.17) is 9.47 Å². The molecule has 2 aromatic rings. The number of aliphatic hydroxyl groups excluding tert-OH is 1. The molecule has 0 bridgehead atoms. The first-order valence-corrected chi connectivity index (χ1v) is 7.87. The van der Waals surface area contributed by atoms with Gasteiger partial charge in [0, 0.05) is 17.6 Å². The number of hydrogen-bond acceptors (Lipinski definition) is 4. The summed E-state index contributed by atoms with van der Waals surface area (Å²) in [6.45, 7) is 3.88. The Kier molecular flexibility index (Phi) is 6.17. The molecule has 130 valence electrons. The molecule has 2 rings (SSSR count). The molecule has 4 nitrogen and oxygen atoms in total. The molecule has 0 fully saturated rings. The van der Waals surface area contributed by atoms with Crippen LogP contribution in [0, 0.1) is 5.82 Å². The summed E-state index contributed by atoms with van der Waals surface area (Å²) in [6, 6.07) is 11.2. The van der Waals surface area contributed by atoms with Crippen LogP contribution < -0.4 is 14.8 Å². The van der Waals surface area contributed by atoms with Crippen LogP contribution in [0.2, 0.25) is 0 Å². The maximum absolute atomic E-state index is 13.0. The Morgan fingerprint density at radius 3 is 2.25 bits per heavy atom. The molecule has 0 aliphatic rings. The third-order valence-corrected chi connectivity index (χ3v) is 4.10. The fourth-order valence-corrected chi connectivity index (χ4v) is 2.70. The molecular formula is C19H24FNO3. The van der Waals surface area contributed by atoms with Gasteiger partial charge in [0.05, 0.1) is 20.3 Å². The Morgan fingerprint density at radius 1 is 1.00 bits per heavy atom. The molecule has 0 radical (unpaired) electrons. The van der Waals surface area contributed by atoms with Crippen LogP contribution in [0.15, 0.2) is 42.5 Å². The average Bonchev–Trinajstić information content (AvgIpc) is 2.60. The zero-order valence-corrected chi connectivity index (χ0v) is 14.4. The number of ether oxygens (including phenoxy) is 2. The fraction of sp³-hybridized carbons (Fsp3) is 0.368. The second kappa shape index (κ2) is 8.13. The van der Waals surface area contributed by atoms with Gasteiger partial charge in [0.1, 0.15) is 17.3 Å². The lowest BCUT2D eigenvalue weighted by Gasteiger charge is -2.26. The standard InChI is InChI=1S/C19H24FNO3/c1-12(17-11-16(23-3)9-10-18(17)24-4)21-13(2)19(22)14-5-7-15(20)8-6-14/h5-13,19,21-22H,1-4H3. The summed E-state index contributed by atoms with van der Waals surface area (Å²) in [5.74, 6) is 1.17. The topological polar surface area (TPSA) is 50.7 Å². The lowest BCUT2D eigenvalue weighted by Crippen LogP contribution is -2.34. The van der Waals surface area contributed by atoms with Crippen molar-refractivity contribution in [2.75, 3.05) is 14.2 Å². The first kappa shape index (κ1) is 18.2. The van der Waals surface area contributed by atoms with E-state index in [1.54, 1.807) is 26.4 Å². The van der Waals surface area contributed by atoms with Crippen molar-refractivity contribution in [2.45, 2.75) is 32.0 Å². The van der Waals surface area contributed by atoms with E-state index in [2.05, 4.69) is 5.32 Å². The van der Waals surface area contributed by atoms with Gasteiger partial charge in [-0.05, 0) is 49.7 Å². The van der Waals surface area contributed by atoms with Gasteiger partial charge in [0.15, 0.2) is 0 Å². The normalized spacial score (nSPS) is 14.8. The Hall–Kier alpha value is -2.11. The summed E-state index contributed by atoms with van der Waals surface area (Å²) in [4.78, 5) is 0. The average molecular weight is 333 g/mol. The summed E-state index contributed by atoms with van der Waals surface area (Å²) in [6.07, 6.45) is -0.746. The van der Waals surface area contributed by atoms with Gasteiger partial charge in [-0.1, -0.05) is 12.1 Å². The van der Waals surface area contributed by atoms with Crippen molar-refractivity contribution in [1.29, 1.82) is 0 Å². The second-order valence-corrected chi connectivity index (χ2v) is 5.78. The molecule has 2 N–H and O–H groups in total. The smallest absolute Gasteiger partial charge is 0.123 e. The van der Waals surface area contributed by atoms with Crippen LogP contribution in [0.4, 0.5) is 4.39 Å². The Labute approximate surface area is 142 Å². The summed E-state index contributed by atoms with van der Waals surface area (Å²) in [5, 5.41) is 13.8. The Morgan fingerprint density at radius 2 is 1.67 bits per heavy atom. The Balaban J connectivity index is 2.13. The number of nitrogens with one attached hydrogen (secondary N) is 1. The molecule has 0 heterocycles. The number of methoxy groups -OCH3 is 2. The lowest BCUT2D eigenvalue weighted by molar-refractivity contribution is 0.130. The quantitative estimate of drug-likeness (QED) is 0.813.